The van der Waals surface area contributed by atoms with Gasteiger partial charge in [-0.3, -0.25) is 9.59 Å². The molecule has 0 aliphatic carbocycles. The molecule has 0 radical (unpaired) electrons. The van der Waals surface area contributed by atoms with Gasteiger partial charge in [0.2, 0.25) is 0 Å². The zero-order valence-electron chi connectivity index (χ0n) is 14.4. The van der Waals surface area contributed by atoms with Crippen LogP contribution in [-0.4, -0.2) is 22.0 Å². The summed E-state index contributed by atoms with van der Waals surface area (Å²) in [4.78, 5) is 26.7. The summed E-state index contributed by atoms with van der Waals surface area (Å²) < 4.78 is 0.955. The fourth-order valence-electron chi connectivity index (χ4n) is 3.48. The minimum absolute atomic E-state index is 0.111. The Hall–Kier alpha value is -2.86. The van der Waals surface area contributed by atoms with Crippen LogP contribution in [0.15, 0.2) is 46.9 Å². The summed E-state index contributed by atoms with van der Waals surface area (Å²) in [5.41, 5.74) is 5.12. The fourth-order valence-corrected chi connectivity index (χ4v) is 3.84. The summed E-state index contributed by atoms with van der Waals surface area (Å²) in [6, 6.07) is 13.5. The Morgan fingerprint density at radius 1 is 1.19 bits per heavy atom. The number of H-pyrrole nitrogens is 1. The van der Waals surface area contributed by atoms with E-state index in [1.807, 2.05) is 48.5 Å². The van der Waals surface area contributed by atoms with Crippen LogP contribution in [0.5, 0.6) is 0 Å². The molecule has 5 nitrogen and oxygen atoms in total. The van der Waals surface area contributed by atoms with Gasteiger partial charge in [-0.2, -0.15) is 0 Å². The number of rotatable bonds is 5. The highest BCUT2D eigenvalue weighted by Crippen LogP contribution is 2.35. The van der Waals surface area contributed by atoms with E-state index in [1.165, 1.54) is 0 Å². The zero-order valence-corrected chi connectivity index (χ0v) is 16.0. The first-order chi connectivity index (χ1) is 13.0. The Morgan fingerprint density at radius 2 is 2.00 bits per heavy atom. The highest BCUT2D eigenvalue weighted by atomic mass is 79.9. The molecular formula is C21H17BrN2O3. The minimum atomic E-state index is -0.806. The number of carbonyl (C=O) groups excluding carboxylic acids is 1. The SMILES string of the molecule is O=C(O)CCCc1c(/C=C2\C(=O)Nc3ccccc32)[nH]c2ccc(Br)cc12. The molecular weight excluding hydrogens is 408 g/mol. The maximum absolute atomic E-state index is 12.4. The molecule has 6 heteroatoms. The van der Waals surface area contributed by atoms with Gasteiger partial charge in [-0.1, -0.05) is 34.1 Å². The molecule has 2 heterocycles. The van der Waals surface area contributed by atoms with Crippen molar-refractivity contribution in [3.63, 3.8) is 0 Å². The molecule has 0 unspecified atom stereocenters. The van der Waals surface area contributed by atoms with E-state index >= 15 is 0 Å². The molecule has 0 saturated heterocycles. The number of amides is 1. The van der Waals surface area contributed by atoms with Gasteiger partial charge in [-0.15, -0.1) is 0 Å². The third-order valence-corrected chi connectivity index (χ3v) is 5.21. The number of fused-ring (bicyclic) bond motifs is 2. The number of aromatic nitrogens is 1. The lowest BCUT2D eigenvalue weighted by atomic mass is 10.0. The average molecular weight is 425 g/mol. The number of aliphatic carboxylic acids is 1. The lowest BCUT2D eigenvalue weighted by Crippen LogP contribution is -2.04. The van der Waals surface area contributed by atoms with E-state index in [1.54, 1.807) is 0 Å². The van der Waals surface area contributed by atoms with Gasteiger partial charge in [0, 0.05) is 38.7 Å². The molecule has 136 valence electrons. The quantitative estimate of drug-likeness (QED) is 0.512. The highest BCUT2D eigenvalue weighted by molar-refractivity contribution is 9.10. The molecule has 4 rings (SSSR count). The molecule has 1 aliphatic heterocycles. The summed E-state index contributed by atoms with van der Waals surface area (Å²) in [5.74, 6) is -0.937. The van der Waals surface area contributed by atoms with Crippen molar-refractivity contribution < 1.29 is 14.7 Å². The maximum Gasteiger partial charge on any atom is 0.303 e. The monoisotopic (exact) mass is 424 g/mol. The zero-order chi connectivity index (χ0) is 19.0. The summed E-state index contributed by atoms with van der Waals surface area (Å²) in [7, 11) is 0. The lowest BCUT2D eigenvalue weighted by Gasteiger charge is -2.03. The van der Waals surface area contributed by atoms with Gasteiger partial charge in [-0.05, 0) is 48.7 Å². The Bertz CT molecular complexity index is 1100. The summed E-state index contributed by atoms with van der Waals surface area (Å²) in [6.07, 6.45) is 3.13. The Balaban J connectivity index is 1.81. The molecule has 1 amide bonds. The number of anilines is 1. The van der Waals surface area contributed by atoms with Gasteiger partial charge >= 0.3 is 5.97 Å². The molecule has 0 bridgehead atoms. The Morgan fingerprint density at radius 3 is 2.81 bits per heavy atom. The van der Waals surface area contributed by atoms with Crippen LogP contribution in [0.2, 0.25) is 0 Å². The van der Waals surface area contributed by atoms with Crippen molar-refractivity contribution in [2.45, 2.75) is 19.3 Å². The highest BCUT2D eigenvalue weighted by Gasteiger charge is 2.24. The number of carboxylic acids is 1. The molecule has 0 spiro atoms. The Kier molecular flexibility index (Phi) is 4.58. The molecule has 0 fully saturated rings. The van der Waals surface area contributed by atoms with Crippen molar-refractivity contribution in [3.05, 3.63) is 63.8 Å². The number of para-hydroxylation sites is 1. The van der Waals surface area contributed by atoms with Gasteiger partial charge in [0.15, 0.2) is 0 Å². The third-order valence-electron chi connectivity index (χ3n) is 4.72. The van der Waals surface area contributed by atoms with Gasteiger partial charge in [0.25, 0.3) is 5.91 Å². The van der Waals surface area contributed by atoms with Crippen molar-refractivity contribution in [2.24, 2.45) is 0 Å². The number of benzene rings is 2. The van der Waals surface area contributed by atoms with Crippen LogP contribution in [0.3, 0.4) is 0 Å². The topological polar surface area (TPSA) is 82.2 Å². The first kappa shape index (κ1) is 17.5. The molecule has 27 heavy (non-hydrogen) atoms. The van der Waals surface area contributed by atoms with E-state index in [2.05, 4.69) is 26.2 Å². The maximum atomic E-state index is 12.4. The number of carbonyl (C=O) groups is 2. The van der Waals surface area contributed by atoms with Crippen LogP contribution in [0.4, 0.5) is 5.69 Å². The molecule has 3 N–H and O–H groups in total. The second-order valence-corrected chi connectivity index (χ2v) is 7.43. The molecule has 1 aromatic heterocycles. The second-order valence-electron chi connectivity index (χ2n) is 6.51. The molecule has 0 saturated carbocycles. The number of aromatic amines is 1. The lowest BCUT2D eigenvalue weighted by molar-refractivity contribution is -0.137. The second kappa shape index (κ2) is 7.04. The number of carboxylic acid groups (broad SMARTS) is 1. The van der Waals surface area contributed by atoms with E-state index in [-0.39, 0.29) is 12.3 Å². The molecule has 1 aliphatic rings. The standard InChI is InChI=1S/C21H17BrN2O3/c22-12-8-9-18-15(10-12)13(5-3-7-20(25)26)19(23-18)11-16-14-4-1-2-6-17(14)24-21(16)27/h1-2,4,6,8-11,23H,3,5,7H2,(H,24,27)(H,25,26)/b16-11-. The van der Waals surface area contributed by atoms with Crippen molar-refractivity contribution in [1.29, 1.82) is 0 Å². The average Bonchev–Trinajstić information content (AvgIpc) is 3.13. The van der Waals surface area contributed by atoms with Gasteiger partial charge in [0.05, 0.1) is 5.57 Å². The molecule has 3 aromatic rings. The first-order valence-electron chi connectivity index (χ1n) is 8.67. The van der Waals surface area contributed by atoms with Crippen LogP contribution < -0.4 is 5.32 Å². The van der Waals surface area contributed by atoms with Gasteiger partial charge < -0.3 is 15.4 Å². The minimum Gasteiger partial charge on any atom is -0.481 e. The fraction of sp³-hybridized carbons (Fsp3) is 0.143. The predicted octanol–water partition coefficient (Wildman–Crippen LogP) is 4.83. The largest absolute Gasteiger partial charge is 0.481 e. The van der Waals surface area contributed by atoms with Crippen LogP contribution in [0, 0.1) is 0 Å². The van der Waals surface area contributed by atoms with E-state index in [0.717, 1.165) is 37.9 Å². The summed E-state index contributed by atoms with van der Waals surface area (Å²) in [6.45, 7) is 0. The van der Waals surface area contributed by atoms with Gasteiger partial charge in [-0.25, -0.2) is 0 Å². The number of hydrogen-bond donors (Lipinski definition) is 3. The van der Waals surface area contributed by atoms with Crippen molar-refractivity contribution in [2.75, 3.05) is 5.32 Å². The normalized spacial score (nSPS) is 14.6. The summed E-state index contributed by atoms with van der Waals surface area (Å²) in [5, 5.41) is 12.9. The number of aryl methyl sites for hydroxylation is 1. The van der Waals surface area contributed by atoms with E-state index in [0.29, 0.717) is 18.4 Å². The van der Waals surface area contributed by atoms with E-state index in [9.17, 15) is 9.59 Å². The van der Waals surface area contributed by atoms with E-state index < -0.39 is 5.97 Å². The number of nitrogens with one attached hydrogen (secondary N) is 2. The third kappa shape index (κ3) is 3.40. The summed E-state index contributed by atoms with van der Waals surface area (Å²) >= 11 is 3.50. The van der Waals surface area contributed by atoms with Gasteiger partial charge in [0.1, 0.15) is 0 Å². The van der Waals surface area contributed by atoms with Crippen molar-refractivity contribution in [3.8, 4) is 0 Å². The van der Waals surface area contributed by atoms with Crippen LogP contribution in [0.25, 0.3) is 22.6 Å². The predicted molar refractivity (Wildman–Crippen MR) is 110 cm³/mol. The van der Waals surface area contributed by atoms with E-state index in [4.69, 9.17) is 5.11 Å². The first-order valence-corrected chi connectivity index (χ1v) is 9.46. The molecule has 0 atom stereocenters. The van der Waals surface area contributed by atoms with Crippen LogP contribution in [-0.2, 0) is 16.0 Å². The molecule has 2 aromatic carbocycles. The van der Waals surface area contributed by atoms with Crippen LogP contribution in [0.1, 0.15) is 29.7 Å². The van der Waals surface area contributed by atoms with Crippen molar-refractivity contribution in [1.82, 2.24) is 4.98 Å². The number of hydrogen-bond acceptors (Lipinski definition) is 2. The van der Waals surface area contributed by atoms with Crippen LogP contribution >= 0.6 is 15.9 Å². The smallest absolute Gasteiger partial charge is 0.303 e. The van der Waals surface area contributed by atoms with Crippen molar-refractivity contribution >= 4 is 56.0 Å². The Labute approximate surface area is 164 Å². The number of halogens is 1.